The molecule has 2 aromatic carbocycles. The number of nitrogens with one attached hydrogen (secondary N) is 1. The maximum Gasteiger partial charge on any atom is 0.241 e. The molecule has 130 valence electrons. The predicted molar refractivity (Wildman–Crippen MR) is 96.9 cm³/mol. The van der Waals surface area contributed by atoms with Gasteiger partial charge in [-0.1, -0.05) is 43.3 Å². The third-order valence-electron chi connectivity index (χ3n) is 4.48. The van der Waals surface area contributed by atoms with Crippen LogP contribution in [0.15, 0.2) is 42.5 Å². The van der Waals surface area contributed by atoms with E-state index in [1.807, 2.05) is 61.3 Å². The smallest absolute Gasteiger partial charge is 0.241 e. The van der Waals surface area contributed by atoms with Crippen LogP contribution in [-0.2, 0) is 4.79 Å². The van der Waals surface area contributed by atoms with Gasteiger partial charge in [-0.3, -0.25) is 9.69 Å². The van der Waals surface area contributed by atoms with E-state index in [4.69, 9.17) is 0 Å². The lowest BCUT2D eigenvalue weighted by Gasteiger charge is -2.33. The maximum atomic E-state index is 12.6. The van der Waals surface area contributed by atoms with Crippen molar-refractivity contribution >= 4 is 22.4 Å². The summed E-state index contributed by atoms with van der Waals surface area (Å²) in [6, 6.07) is 13.3. The van der Waals surface area contributed by atoms with Crippen LogP contribution in [0.25, 0.3) is 10.8 Å². The molecule has 0 aliphatic carbocycles. The van der Waals surface area contributed by atoms with Gasteiger partial charge in [0.2, 0.25) is 5.91 Å². The third kappa shape index (κ3) is 4.12. The summed E-state index contributed by atoms with van der Waals surface area (Å²) in [5.41, 5.74) is 0.147. The van der Waals surface area contributed by atoms with Crippen molar-refractivity contribution in [2.24, 2.45) is 5.41 Å². The zero-order valence-corrected chi connectivity index (χ0v) is 14.5. The quantitative estimate of drug-likeness (QED) is 0.727. The summed E-state index contributed by atoms with van der Waals surface area (Å²) in [5, 5.41) is 23.9. The number of aliphatic hydroxyl groups excluding tert-OH is 2. The van der Waals surface area contributed by atoms with Gasteiger partial charge in [0.1, 0.15) is 0 Å². The molecular formula is C19H26N2O3. The molecule has 0 saturated heterocycles. The average molecular weight is 330 g/mol. The molecule has 0 spiro atoms. The Kier molecular flexibility index (Phi) is 5.94. The number of anilines is 1. The third-order valence-corrected chi connectivity index (χ3v) is 4.48. The van der Waals surface area contributed by atoms with E-state index in [0.717, 1.165) is 16.5 Å². The van der Waals surface area contributed by atoms with Gasteiger partial charge in [-0.25, -0.2) is 0 Å². The first kappa shape index (κ1) is 18.4. The lowest BCUT2D eigenvalue weighted by molar-refractivity contribution is -0.121. The molecule has 0 bridgehead atoms. The van der Waals surface area contributed by atoms with E-state index in [0.29, 0.717) is 6.54 Å². The largest absolute Gasteiger partial charge is 0.396 e. The molecule has 0 fully saturated rings. The molecule has 24 heavy (non-hydrogen) atoms. The molecule has 2 rings (SSSR count). The van der Waals surface area contributed by atoms with Crippen LogP contribution in [0.4, 0.5) is 5.69 Å². The second-order valence-corrected chi connectivity index (χ2v) is 6.73. The van der Waals surface area contributed by atoms with Crippen molar-refractivity contribution < 1.29 is 15.0 Å². The number of carbonyl (C=O) groups excluding carboxylic acids is 1. The molecule has 0 radical (unpaired) electrons. The Morgan fingerprint density at radius 2 is 1.79 bits per heavy atom. The normalized spacial score (nSPS) is 13.2. The molecule has 5 nitrogen and oxygen atoms in total. The van der Waals surface area contributed by atoms with E-state index < -0.39 is 5.41 Å². The van der Waals surface area contributed by atoms with Crippen molar-refractivity contribution in [3.63, 3.8) is 0 Å². The molecule has 0 aromatic heterocycles. The summed E-state index contributed by atoms with van der Waals surface area (Å²) in [5.74, 6) is -0.118. The van der Waals surface area contributed by atoms with Crippen molar-refractivity contribution in [3.05, 3.63) is 42.5 Å². The van der Waals surface area contributed by atoms with Gasteiger partial charge in [0.15, 0.2) is 0 Å². The van der Waals surface area contributed by atoms with Crippen LogP contribution in [0.3, 0.4) is 0 Å². The van der Waals surface area contributed by atoms with Crippen molar-refractivity contribution in [2.75, 3.05) is 32.1 Å². The summed E-state index contributed by atoms with van der Waals surface area (Å²) < 4.78 is 0. The van der Waals surface area contributed by atoms with E-state index in [1.165, 1.54) is 0 Å². The van der Waals surface area contributed by atoms with Crippen molar-refractivity contribution in [3.8, 4) is 0 Å². The van der Waals surface area contributed by atoms with Gasteiger partial charge >= 0.3 is 0 Å². The van der Waals surface area contributed by atoms with Crippen LogP contribution in [0, 0.1) is 5.41 Å². The molecule has 2 aromatic rings. The zero-order valence-electron chi connectivity index (χ0n) is 14.5. The van der Waals surface area contributed by atoms with E-state index in [1.54, 1.807) is 6.92 Å². The molecule has 0 saturated carbocycles. The monoisotopic (exact) mass is 330 g/mol. The van der Waals surface area contributed by atoms with Crippen LogP contribution in [-0.4, -0.2) is 53.9 Å². The van der Waals surface area contributed by atoms with Gasteiger partial charge in [-0.2, -0.15) is 0 Å². The van der Waals surface area contributed by atoms with E-state index in [9.17, 15) is 15.0 Å². The van der Waals surface area contributed by atoms with E-state index in [-0.39, 0.29) is 25.2 Å². The maximum absolute atomic E-state index is 12.6. The van der Waals surface area contributed by atoms with Crippen LogP contribution < -0.4 is 5.32 Å². The van der Waals surface area contributed by atoms with Gasteiger partial charge in [-0.05, 0) is 25.4 Å². The van der Waals surface area contributed by atoms with Gasteiger partial charge in [-0.15, -0.1) is 0 Å². The van der Waals surface area contributed by atoms with Crippen molar-refractivity contribution in [1.82, 2.24) is 4.90 Å². The van der Waals surface area contributed by atoms with Crippen LogP contribution in [0.2, 0.25) is 0 Å². The minimum absolute atomic E-state index is 0.118. The average Bonchev–Trinajstić information content (AvgIpc) is 2.61. The van der Waals surface area contributed by atoms with Gasteiger partial charge in [0.05, 0.1) is 19.3 Å². The minimum Gasteiger partial charge on any atom is -0.396 e. The number of benzene rings is 2. The predicted octanol–water partition coefficient (Wildman–Crippen LogP) is 2.09. The number of rotatable bonds is 7. The number of fused-ring (bicyclic) bond motifs is 1. The first-order valence-electron chi connectivity index (χ1n) is 8.11. The summed E-state index contributed by atoms with van der Waals surface area (Å²) >= 11 is 0. The number of carbonyl (C=O) groups is 1. The fourth-order valence-electron chi connectivity index (χ4n) is 2.66. The molecule has 0 aliphatic heterocycles. The second-order valence-electron chi connectivity index (χ2n) is 6.73. The Bertz CT molecular complexity index is 693. The fourth-order valence-corrected chi connectivity index (χ4v) is 2.66. The first-order valence-corrected chi connectivity index (χ1v) is 8.11. The molecule has 1 atom stereocenters. The highest BCUT2D eigenvalue weighted by Crippen LogP contribution is 2.23. The topological polar surface area (TPSA) is 72.8 Å². The lowest BCUT2D eigenvalue weighted by Crippen LogP contribution is -2.46. The van der Waals surface area contributed by atoms with Gasteiger partial charge in [0.25, 0.3) is 0 Å². The molecule has 3 N–H and O–H groups in total. The number of aliphatic hydroxyl groups is 2. The van der Waals surface area contributed by atoms with Gasteiger partial charge < -0.3 is 15.5 Å². The van der Waals surface area contributed by atoms with E-state index in [2.05, 4.69) is 5.32 Å². The molecule has 0 heterocycles. The van der Waals surface area contributed by atoms with E-state index >= 15 is 0 Å². The Labute approximate surface area is 142 Å². The highest BCUT2D eigenvalue weighted by molar-refractivity contribution is 6.03. The Morgan fingerprint density at radius 3 is 2.46 bits per heavy atom. The van der Waals surface area contributed by atoms with Crippen LogP contribution in [0.5, 0.6) is 0 Å². The number of amides is 1. The second kappa shape index (κ2) is 7.75. The molecule has 0 aliphatic rings. The Hall–Kier alpha value is -1.95. The SMILES string of the molecule is CC(C(=O)Nc1cccc2ccccc12)N(C)CC(C)(CO)CO. The summed E-state index contributed by atoms with van der Waals surface area (Å²) in [4.78, 5) is 14.4. The first-order chi connectivity index (χ1) is 11.4. The highest BCUT2D eigenvalue weighted by Gasteiger charge is 2.28. The number of hydrogen-bond donors (Lipinski definition) is 3. The van der Waals surface area contributed by atoms with Crippen molar-refractivity contribution in [2.45, 2.75) is 19.9 Å². The Morgan fingerprint density at radius 1 is 1.17 bits per heavy atom. The molecule has 1 unspecified atom stereocenters. The summed E-state index contributed by atoms with van der Waals surface area (Å²) in [6.45, 7) is 3.76. The van der Waals surface area contributed by atoms with Crippen LogP contribution >= 0.6 is 0 Å². The minimum atomic E-state index is -0.636. The molecule has 5 heteroatoms. The standard InChI is InChI=1S/C19H26N2O3/c1-14(21(3)11-19(2,12-22)13-23)18(24)20-17-10-6-8-15-7-4-5-9-16(15)17/h4-10,14,22-23H,11-13H2,1-3H3,(H,20,24). The molecular weight excluding hydrogens is 304 g/mol. The number of hydrogen-bond acceptors (Lipinski definition) is 4. The highest BCUT2D eigenvalue weighted by atomic mass is 16.3. The van der Waals surface area contributed by atoms with Gasteiger partial charge in [0, 0.05) is 23.0 Å². The molecule has 1 amide bonds. The number of likely N-dealkylation sites (N-methyl/N-ethyl adjacent to an activating group) is 1. The van der Waals surface area contributed by atoms with Crippen LogP contribution in [0.1, 0.15) is 13.8 Å². The Balaban J connectivity index is 2.11. The lowest BCUT2D eigenvalue weighted by atomic mass is 9.92. The summed E-state index contributed by atoms with van der Waals surface area (Å²) in [6.07, 6.45) is 0. The summed E-state index contributed by atoms with van der Waals surface area (Å²) in [7, 11) is 1.82. The fraction of sp³-hybridized carbons (Fsp3) is 0.421. The zero-order chi connectivity index (χ0) is 17.7. The number of nitrogens with zero attached hydrogens (tertiary/aromatic N) is 1. The van der Waals surface area contributed by atoms with Crippen molar-refractivity contribution in [1.29, 1.82) is 0 Å².